The van der Waals surface area contributed by atoms with Crippen molar-refractivity contribution in [3.8, 4) is 0 Å². The molecule has 4 heteroatoms. The van der Waals surface area contributed by atoms with Crippen LogP contribution in [-0.2, 0) is 0 Å². The Morgan fingerprint density at radius 2 is 1.88 bits per heavy atom. The van der Waals surface area contributed by atoms with Crippen molar-refractivity contribution in [1.82, 2.24) is 3.11 Å². The van der Waals surface area contributed by atoms with Gasteiger partial charge in [0.05, 0.1) is 0 Å². The van der Waals surface area contributed by atoms with Crippen LogP contribution in [0, 0.1) is 0 Å². The Hall–Kier alpha value is -0.330. The van der Waals surface area contributed by atoms with Crippen LogP contribution in [0.5, 0.6) is 0 Å². The molecular weight excluding hydrogens is 331 g/mol. The first-order valence-corrected chi connectivity index (χ1v) is 7.31. The van der Waals surface area contributed by atoms with E-state index in [1.807, 2.05) is 11.3 Å². The van der Waals surface area contributed by atoms with Gasteiger partial charge in [-0.05, 0) is 23.6 Å². The highest BCUT2D eigenvalue weighted by atomic mass is 127. The Morgan fingerprint density at radius 1 is 1.06 bits per heavy atom. The van der Waals surface area contributed by atoms with E-state index in [0.717, 1.165) is 26.2 Å². The molecule has 0 atom stereocenters. The Morgan fingerprint density at radius 3 is 2.69 bits per heavy atom. The zero-order chi connectivity index (χ0) is 11.0. The van der Waals surface area contributed by atoms with Crippen molar-refractivity contribution < 1.29 is 0 Å². The van der Waals surface area contributed by atoms with Crippen molar-refractivity contribution in [3.63, 3.8) is 0 Å². The summed E-state index contributed by atoms with van der Waals surface area (Å²) in [5.41, 5.74) is 1.41. The minimum absolute atomic E-state index is 1.14. The molecule has 0 aliphatic carbocycles. The van der Waals surface area contributed by atoms with E-state index in [1.54, 1.807) is 0 Å². The number of rotatable bonds is 1. The molecule has 2 nitrogen and oxygen atoms in total. The predicted molar refractivity (Wildman–Crippen MR) is 79.6 cm³/mol. The second-order valence-corrected chi connectivity index (χ2v) is 6.32. The first kappa shape index (κ1) is 10.8. The molecule has 1 fully saturated rings. The Bertz CT molecular complexity index is 488. The predicted octanol–water partition coefficient (Wildman–Crippen LogP) is 3.37. The molecule has 1 saturated heterocycles. The minimum atomic E-state index is 1.14. The number of hydrogen-bond donors (Lipinski definition) is 0. The fraction of sp³-hybridized carbons (Fsp3) is 0.333. The van der Waals surface area contributed by atoms with Gasteiger partial charge in [0.25, 0.3) is 0 Å². The highest BCUT2D eigenvalue weighted by Crippen LogP contribution is 2.31. The quantitative estimate of drug-likeness (QED) is 0.578. The van der Waals surface area contributed by atoms with Crippen molar-refractivity contribution in [2.24, 2.45) is 0 Å². The van der Waals surface area contributed by atoms with Crippen LogP contribution >= 0.6 is 34.2 Å². The van der Waals surface area contributed by atoms with Crippen molar-refractivity contribution in [2.45, 2.75) is 0 Å². The largest absolute Gasteiger partial charge is 0.368 e. The van der Waals surface area contributed by atoms with Crippen LogP contribution in [0.15, 0.2) is 29.6 Å². The van der Waals surface area contributed by atoms with Gasteiger partial charge in [0.1, 0.15) is 0 Å². The molecular formula is C12H13IN2S. The van der Waals surface area contributed by atoms with Crippen molar-refractivity contribution in [2.75, 3.05) is 31.1 Å². The van der Waals surface area contributed by atoms with Gasteiger partial charge in [-0.1, -0.05) is 6.07 Å². The minimum Gasteiger partial charge on any atom is -0.368 e. The first-order chi connectivity index (χ1) is 7.84. The summed E-state index contributed by atoms with van der Waals surface area (Å²) < 4.78 is 3.76. The smallest absolute Gasteiger partial charge is 0.0455 e. The number of piperazine rings is 1. The second-order valence-electron chi connectivity index (χ2n) is 4.01. The summed E-state index contributed by atoms with van der Waals surface area (Å²) in [5.74, 6) is 0. The van der Waals surface area contributed by atoms with Crippen LogP contribution in [0.4, 0.5) is 5.69 Å². The monoisotopic (exact) mass is 344 g/mol. The molecule has 84 valence electrons. The van der Waals surface area contributed by atoms with Crippen molar-refractivity contribution >= 4 is 50.0 Å². The molecule has 3 rings (SSSR count). The molecule has 1 aromatic carbocycles. The summed E-state index contributed by atoms with van der Waals surface area (Å²) in [6.07, 6.45) is 0. The number of fused-ring (bicyclic) bond motifs is 1. The summed E-state index contributed by atoms with van der Waals surface area (Å²) in [5, 5.41) is 3.59. The summed E-state index contributed by atoms with van der Waals surface area (Å²) in [6.45, 7) is 4.58. The standard InChI is InChI=1S/C12H13IN2S/c13-15-7-5-14(6-8-15)11-2-1-3-12-10(11)4-9-16-12/h1-4,9H,5-8H2. The number of hydrogen-bond acceptors (Lipinski definition) is 3. The van der Waals surface area contributed by atoms with Gasteiger partial charge in [-0.2, -0.15) is 0 Å². The summed E-state index contributed by atoms with van der Waals surface area (Å²) in [7, 11) is 0. The third-order valence-corrected chi connectivity index (χ3v) is 4.89. The highest BCUT2D eigenvalue weighted by Gasteiger charge is 2.16. The van der Waals surface area contributed by atoms with Crippen LogP contribution in [-0.4, -0.2) is 29.3 Å². The van der Waals surface area contributed by atoms with E-state index in [2.05, 4.69) is 60.5 Å². The molecule has 1 aromatic heterocycles. The van der Waals surface area contributed by atoms with Gasteiger partial charge in [0.2, 0.25) is 0 Å². The van der Waals surface area contributed by atoms with Crippen molar-refractivity contribution in [1.29, 1.82) is 0 Å². The van der Waals surface area contributed by atoms with E-state index < -0.39 is 0 Å². The van der Waals surface area contributed by atoms with E-state index in [-0.39, 0.29) is 0 Å². The van der Waals surface area contributed by atoms with Crippen LogP contribution in [0.25, 0.3) is 10.1 Å². The fourth-order valence-corrected chi connectivity index (χ4v) is 3.42. The van der Waals surface area contributed by atoms with Crippen LogP contribution < -0.4 is 4.90 Å². The number of halogens is 1. The third kappa shape index (κ3) is 1.94. The van der Waals surface area contributed by atoms with Gasteiger partial charge < -0.3 is 4.90 Å². The number of benzene rings is 1. The molecule has 0 amide bonds. The lowest BCUT2D eigenvalue weighted by Gasteiger charge is -2.33. The van der Waals surface area contributed by atoms with Gasteiger partial charge >= 0.3 is 0 Å². The van der Waals surface area contributed by atoms with Crippen LogP contribution in [0.3, 0.4) is 0 Å². The molecule has 0 bridgehead atoms. The van der Waals surface area contributed by atoms with E-state index in [1.165, 1.54) is 15.8 Å². The molecule has 0 N–H and O–H groups in total. The molecule has 0 saturated carbocycles. The lowest BCUT2D eigenvalue weighted by atomic mass is 10.2. The average molecular weight is 344 g/mol. The maximum atomic E-state index is 2.50. The van der Waals surface area contributed by atoms with E-state index >= 15 is 0 Å². The van der Waals surface area contributed by atoms with Gasteiger partial charge in [-0.25, -0.2) is 3.11 Å². The first-order valence-electron chi connectivity index (χ1n) is 5.46. The highest BCUT2D eigenvalue weighted by molar-refractivity contribution is 14.1. The van der Waals surface area contributed by atoms with Crippen molar-refractivity contribution in [3.05, 3.63) is 29.6 Å². The molecule has 1 aliphatic rings. The van der Waals surface area contributed by atoms with E-state index in [0.29, 0.717) is 0 Å². The van der Waals surface area contributed by atoms with Crippen LogP contribution in [0.2, 0.25) is 0 Å². The molecule has 2 heterocycles. The Kier molecular flexibility index (Phi) is 3.04. The fourth-order valence-electron chi connectivity index (χ4n) is 2.18. The third-order valence-electron chi connectivity index (χ3n) is 3.04. The molecule has 16 heavy (non-hydrogen) atoms. The zero-order valence-corrected chi connectivity index (χ0v) is 11.9. The number of nitrogens with zero attached hydrogens (tertiary/aromatic N) is 2. The average Bonchev–Trinajstić information content (AvgIpc) is 2.78. The number of anilines is 1. The number of thiophene rings is 1. The molecule has 0 radical (unpaired) electrons. The van der Waals surface area contributed by atoms with Crippen LogP contribution in [0.1, 0.15) is 0 Å². The molecule has 0 spiro atoms. The molecule has 2 aromatic rings. The Labute approximate surface area is 113 Å². The summed E-state index contributed by atoms with van der Waals surface area (Å²) in [4.78, 5) is 2.50. The van der Waals surface area contributed by atoms with E-state index in [4.69, 9.17) is 0 Å². The maximum Gasteiger partial charge on any atom is 0.0455 e. The zero-order valence-electron chi connectivity index (χ0n) is 8.90. The Balaban J connectivity index is 1.96. The molecule has 0 unspecified atom stereocenters. The lowest BCUT2D eigenvalue weighted by molar-refractivity contribution is 0.461. The lowest BCUT2D eigenvalue weighted by Crippen LogP contribution is -2.42. The summed E-state index contributed by atoms with van der Waals surface area (Å²) in [6, 6.07) is 8.87. The van der Waals surface area contributed by atoms with E-state index in [9.17, 15) is 0 Å². The maximum absolute atomic E-state index is 2.50. The second kappa shape index (κ2) is 4.50. The van der Waals surface area contributed by atoms with Gasteiger partial charge in [-0.15, -0.1) is 11.3 Å². The van der Waals surface area contributed by atoms with Gasteiger partial charge in [-0.3, -0.25) is 0 Å². The van der Waals surface area contributed by atoms with Gasteiger partial charge in [0, 0.05) is 64.8 Å². The topological polar surface area (TPSA) is 6.48 Å². The summed E-state index contributed by atoms with van der Waals surface area (Å²) >= 11 is 4.24. The van der Waals surface area contributed by atoms with Gasteiger partial charge in [0.15, 0.2) is 0 Å². The normalized spacial score (nSPS) is 18.2. The molecule has 1 aliphatic heterocycles. The SMILES string of the molecule is IN1CCN(c2cccc3sccc23)CC1.